The molecule has 2 aromatic carbocycles. The third kappa shape index (κ3) is 3.86. The molecule has 4 aromatic rings. The first-order valence-electron chi connectivity index (χ1n) is 11.2. The predicted molar refractivity (Wildman–Crippen MR) is 128 cm³/mol. The molecule has 0 unspecified atom stereocenters. The Morgan fingerprint density at radius 2 is 1.75 bits per heavy atom. The van der Waals surface area contributed by atoms with Crippen molar-refractivity contribution >= 4 is 27.8 Å². The standard InChI is InChI=1S/C26H28N4O2/c1-17-13-22-19(3)27-26(28-23(22)14-18(17)2)30-10-6-9-29(11-12-30)15-20-16-32-24-8-5-4-7-21(24)25(20)31/h4-5,7-8,13-14,16H,6,9-12,15H2,1-3H3. The van der Waals surface area contributed by atoms with Gasteiger partial charge in [0.1, 0.15) is 5.58 Å². The quantitative estimate of drug-likeness (QED) is 0.483. The molecule has 0 bridgehead atoms. The highest BCUT2D eigenvalue weighted by atomic mass is 16.3. The fraction of sp³-hybridized carbons (Fsp3) is 0.346. The van der Waals surface area contributed by atoms with E-state index in [4.69, 9.17) is 14.4 Å². The Balaban J connectivity index is 1.35. The molecular weight excluding hydrogens is 400 g/mol. The first-order valence-corrected chi connectivity index (χ1v) is 11.2. The van der Waals surface area contributed by atoms with Crippen LogP contribution in [0.3, 0.4) is 0 Å². The zero-order valence-electron chi connectivity index (χ0n) is 18.9. The Kier molecular flexibility index (Phi) is 5.39. The number of anilines is 1. The van der Waals surface area contributed by atoms with E-state index in [2.05, 4.69) is 42.7 Å². The van der Waals surface area contributed by atoms with Crippen LogP contribution < -0.4 is 10.3 Å². The number of hydrogen-bond acceptors (Lipinski definition) is 6. The van der Waals surface area contributed by atoms with Crippen LogP contribution in [0.5, 0.6) is 0 Å². The van der Waals surface area contributed by atoms with Crippen LogP contribution in [0.15, 0.2) is 51.9 Å². The third-order valence-electron chi connectivity index (χ3n) is 6.51. The van der Waals surface area contributed by atoms with Crippen LogP contribution in [0, 0.1) is 20.8 Å². The van der Waals surface area contributed by atoms with Crippen molar-refractivity contribution in [3.8, 4) is 0 Å². The maximum atomic E-state index is 12.9. The molecule has 1 saturated heterocycles. The largest absolute Gasteiger partial charge is 0.464 e. The molecule has 1 aliphatic heterocycles. The van der Waals surface area contributed by atoms with Crippen molar-refractivity contribution in [2.75, 3.05) is 31.1 Å². The minimum absolute atomic E-state index is 0.0621. The molecule has 0 saturated carbocycles. The fourth-order valence-electron chi connectivity index (χ4n) is 4.46. The molecule has 5 rings (SSSR count). The summed E-state index contributed by atoms with van der Waals surface area (Å²) in [5.74, 6) is 0.797. The van der Waals surface area contributed by atoms with E-state index >= 15 is 0 Å². The topological polar surface area (TPSA) is 62.5 Å². The number of fused-ring (bicyclic) bond motifs is 2. The normalized spacial score (nSPS) is 15.4. The summed E-state index contributed by atoms with van der Waals surface area (Å²) in [7, 11) is 0. The molecule has 6 nitrogen and oxygen atoms in total. The molecule has 0 spiro atoms. The van der Waals surface area contributed by atoms with Gasteiger partial charge in [0.05, 0.1) is 22.9 Å². The summed E-state index contributed by atoms with van der Waals surface area (Å²) in [5.41, 5.74) is 5.94. The first kappa shape index (κ1) is 20.6. The Hall–Kier alpha value is -3.25. The van der Waals surface area contributed by atoms with Crippen molar-refractivity contribution in [3.05, 3.63) is 75.3 Å². The molecule has 0 aliphatic carbocycles. The van der Waals surface area contributed by atoms with Crippen molar-refractivity contribution in [3.63, 3.8) is 0 Å². The minimum atomic E-state index is 0.0621. The Bertz CT molecular complexity index is 1360. The van der Waals surface area contributed by atoms with Crippen molar-refractivity contribution in [2.45, 2.75) is 33.7 Å². The lowest BCUT2D eigenvalue weighted by atomic mass is 10.1. The summed E-state index contributed by atoms with van der Waals surface area (Å²) in [6, 6.07) is 11.8. The van der Waals surface area contributed by atoms with E-state index in [1.807, 2.05) is 24.3 Å². The molecular formula is C26H28N4O2. The van der Waals surface area contributed by atoms with Crippen molar-refractivity contribution in [1.29, 1.82) is 0 Å². The van der Waals surface area contributed by atoms with Gasteiger partial charge in [0.15, 0.2) is 5.43 Å². The minimum Gasteiger partial charge on any atom is -0.464 e. The third-order valence-corrected chi connectivity index (χ3v) is 6.51. The van der Waals surface area contributed by atoms with Crippen molar-refractivity contribution in [2.24, 2.45) is 0 Å². The van der Waals surface area contributed by atoms with Crippen LogP contribution in [0.25, 0.3) is 21.9 Å². The van der Waals surface area contributed by atoms with E-state index < -0.39 is 0 Å². The Morgan fingerprint density at radius 1 is 0.938 bits per heavy atom. The number of hydrogen-bond donors (Lipinski definition) is 0. The number of aromatic nitrogens is 2. The number of para-hydroxylation sites is 1. The lowest BCUT2D eigenvalue weighted by molar-refractivity contribution is 0.282. The highest BCUT2D eigenvalue weighted by molar-refractivity contribution is 5.83. The van der Waals surface area contributed by atoms with E-state index in [0.29, 0.717) is 23.1 Å². The molecule has 1 aliphatic rings. The van der Waals surface area contributed by atoms with Gasteiger partial charge >= 0.3 is 0 Å². The van der Waals surface area contributed by atoms with Crippen LogP contribution in [0.2, 0.25) is 0 Å². The number of rotatable bonds is 3. The smallest absolute Gasteiger partial charge is 0.226 e. The maximum Gasteiger partial charge on any atom is 0.226 e. The van der Waals surface area contributed by atoms with E-state index in [-0.39, 0.29) is 5.43 Å². The molecule has 0 atom stereocenters. The Morgan fingerprint density at radius 3 is 2.62 bits per heavy atom. The molecule has 3 heterocycles. The second kappa shape index (κ2) is 8.36. The van der Waals surface area contributed by atoms with Crippen LogP contribution >= 0.6 is 0 Å². The first-order chi connectivity index (χ1) is 15.5. The molecule has 0 radical (unpaired) electrons. The zero-order chi connectivity index (χ0) is 22.2. The van der Waals surface area contributed by atoms with E-state index in [1.54, 1.807) is 6.26 Å². The van der Waals surface area contributed by atoms with Gasteiger partial charge in [-0.25, -0.2) is 9.97 Å². The predicted octanol–water partition coefficient (Wildman–Crippen LogP) is 4.37. The fourth-order valence-corrected chi connectivity index (χ4v) is 4.46. The van der Waals surface area contributed by atoms with Gasteiger partial charge in [-0.3, -0.25) is 9.69 Å². The van der Waals surface area contributed by atoms with Crippen LogP contribution in [-0.4, -0.2) is 41.0 Å². The van der Waals surface area contributed by atoms with Gasteiger partial charge in [0, 0.05) is 43.7 Å². The second-order valence-electron chi connectivity index (χ2n) is 8.77. The SMILES string of the molecule is Cc1cc2nc(N3CCCN(Cc4coc5ccccc5c4=O)CC3)nc(C)c2cc1C. The molecule has 164 valence electrons. The van der Waals surface area contributed by atoms with Gasteiger partial charge < -0.3 is 9.32 Å². The highest BCUT2D eigenvalue weighted by Crippen LogP contribution is 2.23. The molecule has 0 N–H and O–H groups in total. The average molecular weight is 429 g/mol. The Labute approximate surface area is 187 Å². The maximum absolute atomic E-state index is 12.9. The van der Waals surface area contributed by atoms with Gasteiger partial charge in [0.25, 0.3) is 0 Å². The summed E-state index contributed by atoms with van der Waals surface area (Å²) in [5, 5.41) is 1.77. The molecule has 32 heavy (non-hydrogen) atoms. The van der Waals surface area contributed by atoms with Crippen LogP contribution in [0.1, 0.15) is 28.8 Å². The van der Waals surface area contributed by atoms with Gasteiger partial charge in [-0.05, 0) is 62.6 Å². The van der Waals surface area contributed by atoms with Gasteiger partial charge in [-0.1, -0.05) is 12.1 Å². The van der Waals surface area contributed by atoms with E-state index in [9.17, 15) is 4.79 Å². The summed E-state index contributed by atoms with van der Waals surface area (Å²) < 4.78 is 5.70. The monoisotopic (exact) mass is 428 g/mol. The molecule has 1 fully saturated rings. The summed E-state index contributed by atoms with van der Waals surface area (Å²) in [4.78, 5) is 27.2. The summed E-state index contributed by atoms with van der Waals surface area (Å²) >= 11 is 0. The van der Waals surface area contributed by atoms with Crippen molar-refractivity contribution in [1.82, 2.24) is 14.9 Å². The number of benzene rings is 2. The van der Waals surface area contributed by atoms with Crippen molar-refractivity contribution < 1.29 is 4.42 Å². The highest BCUT2D eigenvalue weighted by Gasteiger charge is 2.20. The van der Waals surface area contributed by atoms with Crippen LogP contribution in [0.4, 0.5) is 5.95 Å². The van der Waals surface area contributed by atoms with E-state index in [0.717, 1.165) is 55.1 Å². The van der Waals surface area contributed by atoms with E-state index in [1.165, 1.54) is 11.1 Å². The lowest BCUT2D eigenvalue weighted by Gasteiger charge is -2.22. The number of nitrogens with zero attached hydrogens (tertiary/aromatic N) is 4. The second-order valence-corrected chi connectivity index (χ2v) is 8.77. The average Bonchev–Trinajstić information content (AvgIpc) is 3.03. The summed E-state index contributed by atoms with van der Waals surface area (Å²) in [6.45, 7) is 10.4. The molecule has 2 aromatic heterocycles. The molecule has 0 amide bonds. The van der Waals surface area contributed by atoms with Gasteiger partial charge in [-0.15, -0.1) is 0 Å². The molecule has 6 heteroatoms. The lowest BCUT2D eigenvalue weighted by Crippen LogP contribution is -2.32. The zero-order valence-corrected chi connectivity index (χ0v) is 18.9. The van der Waals surface area contributed by atoms with Gasteiger partial charge in [-0.2, -0.15) is 0 Å². The number of aryl methyl sites for hydroxylation is 3. The summed E-state index contributed by atoms with van der Waals surface area (Å²) in [6.07, 6.45) is 2.61. The van der Waals surface area contributed by atoms with Gasteiger partial charge in [0.2, 0.25) is 5.95 Å². The van der Waals surface area contributed by atoms with Crippen LogP contribution in [-0.2, 0) is 6.54 Å².